The van der Waals surface area contributed by atoms with Crippen LogP contribution in [-0.2, 0) is 25.6 Å². The minimum Gasteiger partial charge on any atom is -0.490 e. The van der Waals surface area contributed by atoms with Crippen molar-refractivity contribution in [3.8, 4) is 16.2 Å². The Morgan fingerprint density at radius 1 is 1.06 bits per heavy atom. The molecule has 1 aliphatic heterocycles. The number of nitrogens with two attached hydrogens (primary N) is 1. The quantitative estimate of drug-likeness (QED) is 0.115. The number of aryl methyl sites for hydroxylation is 2. The number of amides is 4. The van der Waals surface area contributed by atoms with E-state index in [0.29, 0.717) is 19.3 Å². The maximum atomic E-state index is 14.4. The summed E-state index contributed by atoms with van der Waals surface area (Å²) in [5, 5.41) is 16.5. The van der Waals surface area contributed by atoms with Gasteiger partial charge in [-0.1, -0.05) is 64.4 Å². The van der Waals surface area contributed by atoms with Crippen LogP contribution < -0.4 is 21.1 Å². The summed E-state index contributed by atoms with van der Waals surface area (Å²) in [5.41, 5.74) is 10.2. The lowest BCUT2D eigenvalue weighted by Crippen LogP contribution is -2.57. The van der Waals surface area contributed by atoms with Gasteiger partial charge in [0.1, 0.15) is 12.1 Å². The summed E-state index contributed by atoms with van der Waals surface area (Å²) in [6.07, 6.45) is 3.06. The highest BCUT2D eigenvalue weighted by molar-refractivity contribution is 7.13. The fourth-order valence-corrected chi connectivity index (χ4v) is 7.37. The fraction of sp³-hybridized carbons (Fsp3) is 0.537. The molecule has 1 saturated heterocycles. The topological polar surface area (TPSA) is 164 Å². The Morgan fingerprint density at radius 3 is 2.43 bits per heavy atom. The second-order valence-corrected chi connectivity index (χ2v) is 16.5. The number of primary amides is 1. The second kappa shape index (κ2) is 19.3. The van der Waals surface area contributed by atoms with Crippen LogP contribution in [0, 0.1) is 24.1 Å². The molecule has 294 valence electrons. The Balaban J connectivity index is 1.27. The first-order valence-corrected chi connectivity index (χ1v) is 19.7. The molecular formula is C41H56FN5O6S. The van der Waals surface area contributed by atoms with E-state index in [9.17, 15) is 28.7 Å². The summed E-state index contributed by atoms with van der Waals surface area (Å²) < 4.78 is 20.0. The molecule has 0 unspecified atom stereocenters. The van der Waals surface area contributed by atoms with Crippen molar-refractivity contribution in [1.29, 1.82) is 0 Å². The molecule has 4 amide bonds. The fourth-order valence-electron chi connectivity index (χ4n) is 6.56. The van der Waals surface area contributed by atoms with Crippen LogP contribution >= 0.6 is 11.3 Å². The second-order valence-electron chi connectivity index (χ2n) is 15.6. The van der Waals surface area contributed by atoms with Crippen LogP contribution in [0.4, 0.5) is 4.39 Å². The highest BCUT2D eigenvalue weighted by atomic mass is 32.1. The summed E-state index contributed by atoms with van der Waals surface area (Å²) in [6, 6.07) is 10.6. The number of hydrogen-bond donors (Lipinski definition) is 4. The van der Waals surface area contributed by atoms with E-state index >= 15 is 0 Å². The highest BCUT2D eigenvalue weighted by Crippen LogP contribution is 2.30. The van der Waals surface area contributed by atoms with E-state index in [4.69, 9.17) is 10.5 Å². The van der Waals surface area contributed by atoms with E-state index in [1.807, 2.05) is 71.3 Å². The van der Waals surface area contributed by atoms with E-state index in [1.165, 1.54) is 11.0 Å². The van der Waals surface area contributed by atoms with Gasteiger partial charge in [-0.25, -0.2) is 9.37 Å². The Kier molecular flexibility index (Phi) is 15.1. The molecule has 0 aliphatic carbocycles. The highest BCUT2D eigenvalue weighted by Gasteiger charge is 2.44. The average molecular weight is 766 g/mol. The number of carbonyl (C=O) groups is 4. The van der Waals surface area contributed by atoms with Gasteiger partial charge in [0.25, 0.3) is 0 Å². The van der Waals surface area contributed by atoms with Crippen LogP contribution in [0.15, 0.2) is 48.0 Å². The number of carbonyl (C=O) groups excluding carboxylic acids is 4. The molecule has 5 atom stereocenters. The van der Waals surface area contributed by atoms with Gasteiger partial charge in [-0.05, 0) is 79.7 Å². The number of halogens is 1. The Morgan fingerprint density at radius 2 is 1.78 bits per heavy atom. The molecule has 2 heterocycles. The van der Waals surface area contributed by atoms with Crippen LogP contribution in [0.3, 0.4) is 0 Å². The smallest absolute Gasteiger partial charge is 0.246 e. The van der Waals surface area contributed by atoms with E-state index in [1.54, 1.807) is 23.5 Å². The zero-order chi connectivity index (χ0) is 39.6. The molecule has 11 nitrogen and oxygen atoms in total. The number of nitrogens with one attached hydrogen (secondary N) is 2. The first-order valence-electron chi connectivity index (χ1n) is 18.8. The lowest BCUT2D eigenvalue weighted by Gasteiger charge is -2.35. The van der Waals surface area contributed by atoms with E-state index < -0.39 is 35.3 Å². The third kappa shape index (κ3) is 12.1. The minimum absolute atomic E-state index is 0.00110. The van der Waals surface area contributed by atoms with Gasteiger partial charge >= 0.3 is 0 Å². The molecule has 13 heteroatoms. The van der Waals surface area contributed by atoms with Crippen LogP contribution in [0.25, 0.3) is 10.4 Å². The SMILES string of the molecule is Cc1ncsc1-c1ccc([C@H](C)NC(=O)[C@@H]2C[C@@H](O)CN2C(=O)[C@@H](NC(=O)CCCCCc2ccc(F)c(OC[C@@H](C)CCC(N)=O)c2)C(C)(C)C)cc1. The van der Waals surface area contributed by atoms with Crippen molar-refractivity contribution in [3.05, 3.63) is 70.6 Å². The van der Waals surface area contributed by atoms with Crippen LogP contribution in [0.2, 0.25) is 0 Å². The van der Waals surface area contributed by atoms with Gasteiger partial charge in [0, 0.05) is 25.8 Å². The molecule has 0 radical (unpaired) electrons. The van der Waals surface area contributed by atoms with Crippen LogP contribution in [0.5, 0.6) is 5.75 Å². The number of thiazole rings is 1. The summed E-state index contributed by atoms with van der Waals surface area (Å²) in [6.45, 7) is 11.6. The maximum Gasteiger partial charge on any atom is 0.246 e. The first kappa shape index (κ1) is 42.4. The molecule has 1 aliphatic rings. The zero-order valence-electron chi connectivity index (χ0n) is 32.3. The number of β-amino-alcohol motifs (C(OH)–C–C–N with tert-alkyl or cyclic N) is 1. The zero-order valence-corrected chi connectivity index (χ0v) is 33.1. The Hall–Kier alpha value is -4.36. The Labute approximate surface area is 322 Å². The van der Waals surface area contributed by atoms with Crippen LogP contribution in [0.1, 0.15) is 102 Å². The predicted octanol–water partition coefficient (Wildman–Crippen LogP) is 6.01. The lowest BCUT2D eigenvalue weighted by atomic mass is 9.85. The standard InChI is InChI=1S/C41H56FN5O6S/c1-25(12-19-35(43)49)23-53-34-20-28(13-18-32(34)42)10-8-7-9-11-36(50)46-38(41(4,5)6)40(52)47-22-31(48)21-33(47)39(51)45-26(2)29-14-16-30(17-15-29)37-27(3)44-24-54-37/h13-18,20,24-26,31,33,38,48H,7-12,19,21-23H2,1-6H3,(H2,43,49)(H,45,51)(H,46,50)/t25-,26-,31+,33-,38+/m0/s1. The third-order valence-electron chi connectivity index (χ3n) is 9.83. The number of likely N-dealkylation sites (tertiary alicyclic amines) is 1. The molecule has 54 heavy (non-hydrogen) atoms. The monoisotopic (exact) mass is 765 g/mol. The van der Waals surface area contributed by atoms with Crippen molar-refractivity contribution < 1.29 is 33.4 Å². The lowest BCUT2D eigenvalue weighted by molar-refractivity contribution is -0.144. The maximum absolute atomic E-state index is 14.4. The summed E-state index contributed by atoms with van der Waals surface area (Å²) in [7, 11) is 0. The number of benzene rings is 2. The average Bonchev–Trinajstić information content (AvgIpc) is 3.74. The molecule has 2 aromatic carbocycles. The number of ether oxygens (including phenoxy) is 1. The van der Waals surface area contributed by atoms with E-state index in [0.717, 1.165) is 40.1 Å². The summed E-state index contributed by atoms with van der Waals surface area (Å²) in [5.74, 6) is -1.63. The molecule has 0 saturated carbocycles. The minimum atomic E-state index is -0.901. The van der Waals surface area contributed by atoms with Gasteiger partial charge in [-0.2, -0.15) is 0 Å². The number of aliphatic hydroxyl groups is 1. The van der Waals surface area contributed by atoms with Crippen molar-refractivity contribution in [2.24, 2.45) is 17.1 Å². The number of nitrogens with zero attached hydrogens (tertiary/aromatic N) is 2. The normalized spacial score (nSPS) is 17.4. The summed E-state index contributed by atoms with van der Waals surface area (Å²) in [4.78, 5) is 58.6. The number of aliphatic hydroxyl groups excluding tert-OH is 1. The van der Waals surface area contributed by atoms with Crippen molar-refractivity contribution >= 4 is 35.0 Å². The number of unbranched alkanes of at least 4 members (excludes halogenated alkanes) is 2. The number of aromatic nitrogens is 1. The predicted molar refractivity (Wildman–Crippen MR) is 208 cm³/mol. The van der Waals surface area contributed by atoms with Gasteiger partial charge in [0.2, 0.25) is 23.6 Å². The van der Waals surface area contributed by atoms with Gasteiger partial charge in [-0.3, -0.25) is 19.2 Å². The largest absolute Gasteiger partial charge is 0.490 e. The molecule has 3 aromatic rings. The summed E-state index contributed by atoms with van der Waals surface area (Å²) >= 11 is 1.57. The third-order valence-corrected chi connectivity index (χ3v) is 10.8. The van der Waals surface area contributed by atoms with Crippen molar-refractivity contribution in [3.63, 3.8) is 0 Å². The van der Waals surface area contributed by atoms with Crippen molar-refractivity contribution in [1.82, 2.24) is 20.5 Å². The van der Waals surface area contributed by atoms with Crippen molar-refractivity contribution in [2.45, 2.75) is 117 Å². The number of hydrogen-bond acceptors (Lipinski definition) is 8. The molecule has 1 aromatic heterocycles. The van der Waals surface area contributed by atoms with Gasteiger partial charge in [0.15, 0.2) is 11.6 Å². The molecule has 4 rings (SSSR count). The molecule has 0 spiro atoms. The van der Waals surface area contributed by atoms with Crippen LogP contribution in [-0.4, -0.2) is 70.0 Å². The van der Waals surface area contributed by atoms with Gasteiger partial charge in [-0.15, -0.1) is 11.3 Å². The molecular weight excluding hydrogens is 710 g/mol. The Bertz CT molecular complexity index is 1740. The van der Waals surface area contributed by atoms with E-state index in [2.05, 4.69) is 15.6 Å². The van der Waals surface area contributed by atoms with Crippen molar-refractivity contribution in [2.75, 3.05) is 13.2 Å². The van der Waals surface area contributed by atoms with Gasteiger partial charge < -0.3 is 31.1 Å². The number of rotatable bonds is 18. The molecule has 0 bridgehead atoms. The first-order chi connectivity index (χ1) is 25.5. The molecule has 5 N–H and O–H groups in total. The molecule has 1 fully saturated rings. The van der Waals surface area contributed by atoms with Gasteiger partial charge in [0.05, 0.1) is 34.8 Å². The van der Waals surface area contributed by atoms with E-state index in [-0.39, 0.29) is 67.8 Å².